The van der Waals surface area contributed by atoms with E-state index >= 15 is 0 Å². The summed E-state index contributed by atoms with van der Waals surface area (Å²) in [4.78, 5) is 1.47. The lowest BCUT2D eigenvalue weighted by Crippen LogP contribution is -3.12. The highest BCUT2D eigenvalue weighted by molar-refractivity contribution is 9.10. The molecule has 22 heavy (non-hydrogen) atoms. The standard InChI is InChI=1S/C18H20BrFN2/c19-15-5-7-16(8-6-15)21-17-9-11-22(12-10-17)13-14-3-1-2-4-18(14)20/h1-8,17,21H,9-13H2/p+1. The molecule has 116 valence electrons. The van der Waals surface area contributed by atoms with E-state index in [1.165, 1.54) is 10.6 Å². The van der Waals surface area contributed by atoms with Crippen LogP contribution in [-0.4, -0.2) is 19.1 Å². The summed E-state index contributed by atoms with van der Waals surface area (Å²) >= 11 is 3.45. The first-order valence-electron chi connectivity index (χ1n) is 7.80. The number of hydrogen-bond donors (Lipinski definition) is 2. The average Bonchev–Trinajstić information content (AvgIpc) is 2.54. The van der Waals surface area contributed by atoms with Crippen molar-refractivity contribution < 1.29 is 9.29 Å². The summed E-state index contributed by atoms with van der Waals surface area (Å²) in [7, 11) is 0. The van der Waals surface area contributed by atoms with Gasteiger partial charge in [-0.25, -0.2) is 4.39 Å². The van der Waals surface area contributed by atoms with E-state index in [4.69, 9.17) is 0 Å². The second kappa shape index (κ2) is 7.25. The van der Waals surface area contributed by atoms with Gasteiger partial charge in [0.05, 0.1) is 13.1 Å². The third-order valence-electron chi connectivity index (χ3n) is 4.31. The maximum Gasteiger partial charge on any atom is 0.132 e. The van der Waals surface area contributed by atoms with Crippen LogP contribution < -0.4 is 10.2 Å². The normalized spacial score (nSPS) is 21.5. The van der Waals surface area contributed by atoms with Gasteiger partial charge in [0.15, 0.2) is 0 Å². The van der Waals surface area contributed by atoms with Crippen molar-refractivity contribution >= 4 is 21.6 Å². The summed E-state index contributed by atoms with van der Waals surface area (Å²) in [6.45, 7) is 2.96. The van der Waals surface area contributed by atoms with Crippen molar-refractivity contribution in [1.29, 1.82) is 0 Å². The second-order valence-electron chi connectivity index (χ2n) is 5.94. The Hall–Kier alpha value is -1.39. The quantitative estimate of drug-likeness (QED) is 0.852. The first kappa shape index (κ1) is 15.5. The molecule has 2 N–H and O–H groups in total. The van der Waals surface area contributed by atoms with Crippen molar-refractivity contribution in [1.82, 2.24) is 0 Å². The van der Waals surface area contributed by atoms with Gasteiger partial charge < -0.3 is 10.2 Å². The minimum Gasteiger partial charge on any atom is -0.382 e. The van der Waals surface area contributed by atoms with Crippen molar-refractivity contribution in [3.8, 4) is 0 Å². The van der Waals surface area contributed by atoms with E-state index in [0.29, 0.717) is 6.04 Å². The molecule has 1 aliphatic rings. The zero-order chi connectivity index (χ0) is 15.4. The van der Waals surface area contributed by atoms with Crippen molar-refractivity contribution in [3.63, 3.8) is 0 Å². The van der Waals surface area contributed by atoms with E-state index in [1.807, 2.05) is 12.1 Å². The molecule has 3 rings (SSSR count). The van der Waals surface area contributed by atoms with Crippen molar-refractivity contribution in [3.05, 3.63) is 64.4 Å². The van der Waals surface area contributed by atoms with E-state index in [0.717, 1.165) is 42.5 Å². The first-order valence-corrected chi connectivity index (χ1v) is 8.59. The predicted molar refractivity (Wildman–Crippen MR) is 91.6 cm³/mol. The molecule has 2 nitrogen and oxygen atoms in total. The molecule has 4 heteroatoms. The summed E-state index contributed by atoms with van der Waals surface area (Å²) < 4.78 is 14.8. The Morgan fingerprint density at radius 3 is 2.41 bits per heavy atom. The lowest BCUT2D eigenvalue weighted by atomic mass is 10.0. The number of halogens is 2. The zero-order valence-electron chi connectivity index (χ0n) is 12.5. The number of quaternary nitrogens is 1. The molecular formula is C18H21BrFN2+. The SMILES string of the molecule is Fc1ccccc1C[NH+]1CCC(Nc2ccc(Br)cc2)CC1. The third kappa shape index (κ3) is 4.08. The molecule has 0 aliphatic carbocycles. The monoisotopic (exact) mass is 363 g/mol. The minimum atomic E-state index is -0.0786. The Bertz CT molecular complexity index is 607. The maximum atomic E-state index is 13.7. The molecule has 0 spiro atoms. The molecular weight excluding hydrogens is 343 g/mol. The summed E-state index contributed by atoms with van der Waals surface area (Å²) in [5.41, 5.74) is 2.00. The zero-order valence-corrected chi connectivity index (χ0v) is 14.1. The van der Waals surface area contributed by atoms with Crippen LogP contribution in [0.4, 0.5) is 10.1 Å². The van der Waals surface area contributed by atoms with Crippen LogP contribution in [0, 0.1) is 5.82 Å². The van der Waals surface area contributed by atoms with Crippen molar-refractivity contribution in [2.45, 2.75) is 25.4 Å². The van der Waals surface area contributed by atoms with E-state index in [1.54, 1.807) is 12.1 Å². The maximum absolute atomic E-state index is 13.7. The summed E-state index contributed by atoms with van der Waals surface area (Å²) in [6, 6.07) is 16.0. The molecule has 0 saturated carbocycles. The molecule has 0 aromatic heterocycles. The smallest absolute Gasteiger partial charge is 0.132 e. The van der Waals surface area contributed by atoms with Crippen LogP contribution >= 0.6 is 15.9 Å². The van der Waals surface area contributed by atoms with Crippen LogP contribution in [0.2, 0.25) is 0 Å². The number of likely N-dealkylation sites (tertiary alicyclic amines) is 1. The summed E-state index contributed by atoms with van der Waals surface area (Å²) in [5, 5.41) is 3.60. The fourth-order valence-electron chi connectivity index (χ4n) is 3.04. The minimum absolute atomic E-state index is 0.0786. The van der Waals surface area contributed by atoms with Crippen molar-refractivity contribution in [2.24, 2.45) is 0 Å². The Balaban J connectivity index is 1.50. The van der Waals surface area contributed by atoms with Gasteiger partial charge in [0.2, 0.25) is 0 Å². The number of nitrogens with one attached hydrogen (secondary N) is 2. The molecule has 1 fully saturated rings. The van der Waals surface area contributed by atoms with E-state index in [9.17, 15) is 4.39 Å². The molecule has 0 amide bonds. The lowest BCUT2D eigenvalue weighted by molar-refractivity contribution is -0.918. The topological polar surface area (TPSA) is 16.5 Å². The molecule has 0 bridgehead atoms. The van der Waals surface area contributed by atoms with Crippen LogP contribution in [0.5, 0.6) is 0 Å². The van der Waals surface area contributed by atoms with Gasteiger partial charge in [0.25, 0.3) is 0 Å². The largest absolute Gasteiger partial charge is 0.382 e. The van der Waals surface area contributed by atoms with Gasteiger partial charge in [-0.1, -0.05) is 34.1 Å². The van der Waals surface area contributed by atoms with E-state index in [2.05, 4.69) is 45.5 Å². The van der Waals surface area contributed by atoms with Gasteiger partial charge >= 0.3 is 0 Å². The van der Waals surface area contributed by atoms with Gasteiger partial charge in [-0.05, 0) is 30.3 Å². The number of piperidine rings is 1. The average molecular weight is 364 g/mol. The van der Waals surface area contributed by atoms with Gasteiger partial charge in [-0.15, -0.1) is 0 Å². The van der Waals surface area contributed by atoms with Gasteiger partial charge in [-0.2, -0.15) is 0 Å². The highest BCUT2D eigenvalue weighted by Crippen LogP contribution is 2.17. The third-order valence-corrected chi connectivity index (χ3v) is 4.83. The van der Waals surface area contributed by atoms with Crippen LogP contribution in [0.25, 0.3) is 0 Å². The van der Waals surface area contributed by atoms with Gasteiger partial charge in [-0.3, -0.25) is 0 Å². The Morgan fingerprint density at radius 2 is 1.73 bits per heavy atom. The fraction of sp³-hybridized carbons (Fsp3) is 0.333. The first-order chi connectivity index (χ1) is 10.7. The Morgan fingerprint density at radius 1 is 1.05 bits per heavy atom. The molecule has 0 atom stereocenters. The highest BCUT2D eigenvalue weighted by Gasteiger charge is 2.22. The van der Waals surface area contributed by atoms with Crippen LogP contribution in [0.1, 0.15) is 18.4 Å². The number of hydrogen-bond acceptors (Lipinski definition) is 1. The molecule has 1 heterocycles. The van der Waals surface area contributed by atoms with Gasteiger partial charge in [0, 0.05) is 34.6 Å². The highest BCUT2D eigenvalue weighted by atomic mass is 79.9. The predicted octanol–water partition coefficient (Wildman–Crippen LogP) is 3.25. The lowest BCUT2D eigenvalue weighted by Gasteiger charge is -2.30. The Kier molecular flexibility index (Phi) is 5.11. The molecule has 2 aromatic rings. The van der Waals surface area contributed by atoms with E-state index in [-0.39, 0.29) is 5.82 Å². The molecule has 0 unspecified atom stereocenters. The molecule has 0 radical (unpaired) electrons. The molecule has 1 aliphatic heterocycles. The van der Waals surface area contributed by atoms with E-state index < -0.39 is 0 Å². The number of anilines is 1. The molecule has 1 saturated heterocycles. The number of benzene rings is 2. The van der Waals surface area contributed by atoms with Crippen LogP contribution in [0.3, 0.4) is 0 Å². The summed E-state index contributed by atoms with van der Waals surface area (Å²) in [6.07, 6.45) is 2.25. The van der Waals surface area contributed by atoms with Crippen LogP contribution in [0.15, 0.2) is 53.0 Å². The summed E-state index contributed by atoms with van der Waals surface area (Å²) in [5.74, 6) is -0.0786. The fourth-order valence-corrected chi connectivity index (χ4v) is 3.30. The molecule has 2 aromatic carbocycles. The van der Waals surface area contributed by atoms with Crippen LogP contribution in [-0.2, 0) is 6.54 Å². The number of rotatable bonds is 4. The van der Waals surface area contributed by atoms with Gasteiger partial charge in [0.1, 0.15) is 12.4 Å². The Labute approximate surface area is 139 Å². The second-order valence-corrected chi connectivity index (χ2v) is 6.86. The van der Waals surface area contributed by atoms with Crippen molar-refractivity contribution in [2.75, 3.05) is 18.4 Å².